The molecule has 0 aliphatic carbocycles. The number of hydrogen-bond acceptors (Lipinski definition) is 6. The molecule has 0 spiro atoms. The first-order valence-electron chi connectivity index (χ1n) is 12.0. The van der Waals surface area contributed by atoms with Crippen LogP contribution < -0.4 is 0 Å². The molecule has 9 heteroatoms. The third kappa shape index (κ3) is 3.97. The van der Waals surface area contributed by atoms with E-state index in [1.54, 1.807) is 4.68 Å². The molecule has 0 radical (unpaired) electrons. The Morgan fingerprint density at radius 2 is 1.83 bits per heavy atom. The first kappa shape index (κ1) is 22.2. The van der Waals surface area contributed by atoms with E-state index in [4.69, 9.17) is 4.52 Å². The van der Waals surface area contributed by atoms with Crippen LogP contribution in [0.5, 0.6) is 0 Å². The first-order chi connectivity index (χ1) is 17.5. The van der Waals surface area contributed by atoms with E-state index in [-0.39, 0.29) is 11.9 Å². The van der Waals surface area contributed by atoms with Crippen LogP contribution in [0.15, 0.2) is 65.4 Å². The van der Waals surface area contributed by atoms with Crippen LogP contribution in [0, 0.1) is 0 Å². The number of benzene rings is 2. The second kappa shape index (κ2) is 8.76. The summed E-state index contributed by atoms with van der Waals surface area (Å²) in [5.74, 6) is 0.647. The van der Waals surface area contributed by atoms with Crippen molar-refractivity contribution in [1.29, 1.82) is 0 Å². The molecule has 1 saturated heterocycles. The van der Waals surface area contributed by atoms with Gasteiger partial charge in [0, 0.05) is 67.1 Å². The van der Waals surface area contributed by atoms with Gasteiger partial charge < -0.3 is 14.3 Å². The number of carbonyl (C=O) groups is 1. The summed E-state index contributed by atoms with van der Waals surface area (Å²) in [6.45, 7) is 4.62. The molecule has 5 aromatic rings. The zero-order valence-electron chi connectivity index (χ0n) is 20.5. The second-order valence-corrected chi connectivity index (χ2v) is 9.50. The normalized spacial score (nSPS) is 16.6. The lowest BCUT2D eigenvalue weighted by Gasteiger charge is -2.38. The molecule has 1 amide bonds. The minimum absolute atomic E-state index is 0.0663. The van der Waals surface area contributed by atoms with E-state index < -0.39 is 0 Å². The van der Waals surface area contributed by atoms with E-state index in [9.17, 15) is 4.79 Å². The Morgan fingerprint density at radius 1 is 1.03 bits per heavy atom. The molecule has 1 N–H and O–H groups in total. The molecule has 9 nitrogen and oxygen atoms in total. The lowest BCUT2D eigenvalue weighted by atomic mass is 10.0. The Kier molecular flexibility index (Phi) is 5.41. The van der Waals surface area contributed by atoms with Crippen LogP contribution in [0.4, 0.5) is 0 Å². The molecule has 0 bridgehead atoms. The molecular weight excluding hydrogens is 454 g/mol. The second-order valence-electron chi connectivity index (χ2n) is 9.50. The molecule has 1 atom stereocenters. The third-order valence-electron chi connectivity index (χ3n) is 6.86. The molecule has 1 aliphatic rings. The van der Waals surface area contributed by atoms with E-state index in [0.717, 1.165) is 47.2 Å². The number of piperazine rings is 1. The molecule has 2 aromatic carbocycles. The summed E-state index contributed by atoms with van der Waals surface area (Å²) >= 11 is 0. The summed E-state index contributed by atoms with van der Waals surface area (Å²) in [6, 6.07) is 15.8. The number of likely N-dealkylation sites (N-methyl/N-ethyl adjacent to an activating group) is 1. The zero-order chi connectivity index (χ0) is 24.8. The molecule has 1 aliphatic heterocycles. The molecule has 6 rings (SSSR count). The molecule has 36 heavy (non-hydrogen) atoms. The number of hydrogen-bond donors (Lipinski definition) is 1. The lowest BCUT2D eigenvalue weighted by molar-refractivity contribution is 0.0533. The lowest BCUT2D eigenvalue weighted by Crippen LogP contribution is -2.52. The molecule has 1 fully saturated rings. The van der Waals surface area contributed by atoms with Crippen molar-refractivity contribution in [3.63, 3.8) is 0 Å². The van der Waals surface area contributed by atoms with Gasteiger partial charge in [0.05, 0.1) is 11.7 Å². The first-order valence-corrected chi connectivity index (χ1v) is 12.0. The predicted molar refractivity (Wildman–Crippen MR) is 137 cm³/mol. The maximum Gasteiger partial charge on any atom is 0.254 e. The average molecular weight is 482 g/mol. The van der Waals surface area contributed by atoms with E-state index in [1.165, 1.54) is 0 Å². The minimum Gasteiger partial charge on any atom is -0.354 e. The fourth-order valence-corrected chi connectivity index (χ4v) is 4.87. The molecule has 0 saturated carbocycles. The van der Waals surface area contributed by atoms with Crippen LogP contribution in [0.3, 0.4) is 0 Å². The highest BCUT2D eigenvalue weighted by atomic mass is 16.5. The van der Waals surface area contributed by atoms with Gasteiger partial charge >= 0.3 is 0 Å². The fraction of sp³-hybridized carbons (Fsp3) is 0.259. The highest BCUT2D eigenvalue weighted by Crippen LogP contribution is 2.32. The number of nitrogens with one attached hydrogen (secondary N) is 1. The molecule has 3 aromatic heterocycles. The largest absolute Gasteiger partial charge is 0.354 e. The predicted octanol–water partition coefficient (Wildman–Crippen LogP) is 4.06. The van der Waals surface area contributed by atoms with Gasteiger partial charge in [-0.05, 0) is 43.8 Å². The standard InChI is InChI=1S/C27H27N7O2/c1-17-15-32(2)10-11-34(17)27(35)19-6-4-18(5-7-19)23-13-25(36-31-23)26-22-9-8-20(12-24(22)29-30-26)21-14-28-33(3)16-21/h4-9,12-14,16-17H,10-11,15H2,1-3H3,(H,29,30)/t17-/m0/s1. The number of fused-ring (bicyclic) bond motifs is 1. The number of carbonyl (C=O) groups excluding carboxylic acids is 1. The van der Waals surface area contributed by atoms with Gasteiger partial charge in [0.25, 0.3) is 5.91 Å². The smallest absolute Gasteiger partial charge is 0.254 e. The van der Waals surface area contributed by atoms with Crippen molar-refractivity contribution in [2.75, 3.05) is 26.7 Å². The van der Waals surface area contributed by atoms with E-state index in [0.29, 0.717) is 22.7 Å². The Balaban J connectivity index is 1.22. The summed E-state index contributed by atoms with van der Waals surface area (Å²) in [6.07, 6.45) is 3.82. The maximum atomic E-state index is 13.0. The number of nitrogens with zero attached hydrogens (tertiary/aromatic N) is 6. The molecular formula is C27H27N7O2. The van der Waals surface area contributed by atoms with Crippen LogP contribution in [0.2, 0.25) is 0 Å². The van der Waals surface area contributed by atoms with Gasteiger partial charge in [-0.3, -0.25) is 14.6 Å². The van der Waals surface area contributed by atoms with Gasteiger partial charge in [-0.1, -0.05) is 23.4 Å². The van der Waals surface area contributed by atoms with Crippen molar-refractivity contribution < 1.29 is 9.32 Å². The van der Waals surface area contributed by atoms with Crippen molar-refractivity contribution >= 4 is 16.8 Å². The quantitative estimate of drug-likeness (QED) is 0.416. The van der Waals surface area contributed by atoms with Gasteiger partial charge in [-0.15, -0.1) is 0 Å². The number of rotatable bonds is 4. The van der Waals surface area contributed by atoms with Gasteiger partial charge in [-0.25, -0.2) is 0 Å². The zero-order valence-corrected chi connectivity index (χ0v) is 20.5. The molecule has 4 heterocycles. The SMILES string of the molecule is C[C@H]1CN(C)CCN1C(=O)c1ccc(-c2cc(-c3n[nH]c4cc(-c5cnn(C)c5)ccc34)on2)cc1. The van der Waals surface area contributed by atoms with E-state index >= 15 is 0 Å². The summed E-state index contributed by atoms with van der Waals surface area (Å²) in [7, 11) is 3.99. The topological polar surface area (TPSA) is 96.1 Å². The van der Waals surface area contributed by atoms with E-state index in [2.05, 4.69) is 45.4 Å². The van der Waals surface area contributed by atoms with Crippen LogP contribution in [-0.4, -0.2) is 73.6 Å². The Labute approximate surface area is 208 Å². The van der Waals surface area contributed by atoms with Crippen molar-refractivity contribution in [2.45, 2.75) is 13.0 Å². The summed E-state index contributed by atoms with van der Waals surface area (Å²) < 4.78 is 7.44. The fourth-order valence-electron chi connectivity index (χ4n) is 4.87. The molecule has 182 valence electrons. The Hall–Kier alpha value is -4.24. The van der Waals surface area contributed by atoms with Crippen LogP contribution >= 0.6 is 0 Å². The Morgan fingerprint density at radius 3 is 2.58 bits per heavy atom. The minimum atomic E-state index is 0.0663. The number of aromatic amines is 1. The van der Waals surface area contributed by atoms with Crippen LogP contribution in [-0.2, 0) is 7.05 Å². The highest BCUT2D eigenvalue weighted by molar-refractivity contribution is 5.96. The van der Waals surface area contributed by atoms with Gasteiger partial charge in [0.2, 0.25) is 0 Å². The third-order valence-corrected chi connectivity index (χ3v) is 6.86. The number of aromatic nitrogens is 5. The van der Waals surface area contributed by atoms with Crippen molar-refractivity contribution in [1.82, 2.24) is 34.9 Å². The number of H-pyrrole nitrogens is 1. The summed E-state index contributed by atoms with van der Waals surface area (Å²) in [5.41, 5.74) is 5.97. The van der Waals surface area contributed by atoms with Gasteiger partial charge in [-0.2, -0.15) is 10.2 Å². The van der Waals surface area contributed by atoms with Crippen LogP contribution in [0.1, 0.15) is 17.3 Å². The number of amides is 1. The van der Waals surface area contributed by atoms with Crippen molar-refractivity contribution in [3.8, 4) is 33.8 Å². The highest BCUT2D eigenvalue weighted by Gasteiger charge is 2.26. The monoisotopic (exact) mass is 481 g/mol. The Bertz CT molecular complexity index is 1550. The number of aryl methyl sites for hydroxylation is 1. The van der Waals surface area contributed by atoms with Crippen LogP contribution in [0.25, 0.3) is 44.7 Å². The van der Waals surface area contributed by atoms with Crippen molar-refractivity contribution in [2.24, 2.45) is 7.05 Å². The van der Waals surface area contributed by atoms with E-state index in [1.807, 2.05) is 66.8 Å². The van der Waals surface area contributed by atoms with Gasteiger partial charge in [0.1, 0.15) is 11.4 Å². The van der Waals surface area contributed by atoms with Gasteiger partial charge in [0.15, 0.2) is 5.76 Å². The van der Waals surface area contributed by atoms with Crippen molar-refractivity contribution in [3.05, 3.63) is 66.5 Å². The summed E-state index contributed by atoms with van der Waals surface area (Å²) in [4.78, 5) is 17.2. The summed E-state index contributed by atoms with van der Waals surface area (Å²) in [5, 5.41) is 17.0. The molecule has 0 unspecified atom stereocenters. The average Bonchev–Trinajstić information content (AvgIpc) is 3.63. The maximum absolute atomic E-state index is 13.0.